The summed E-state index contributed by atoms with van der Waals surface area (Å²) in [5, 5.41) is 19.7. The first kappa shape index (κ1) is 17.1. The summed E-state index contributed by atoms with van der Waals surface area (Å²) in [6.45, 7) is -0.0854. The summed E-state index contributed by atoms with van der Waals surface area (Å²) in [7, 11) is 0. The van der Waals surface area contributed by atoms with Gasteiger partial charge in [0.2, 0.25) is 5.91 Å². The van der Waals surface area contributed by atoms with Gasteiger partial charge in [0.1, 0.15) is 16.8 Å². The first-order chi connectivity index (χ1) is 11.5. The van der Waals surface area contributed by atoms with Crippen LogP contribution < -0.4 is 11.5 Å². The lowest BCUT2D eigenvalue weighted by Gasteiger charge is -2.12. The molecule has 6 N–H and O–H groups in total. The van der Waals surface area contributed by atoms with E-state index in [2.05, 4.69) is 16.1 Å². The number of rotatable bonds is 5. The van der Waals surface area contributed by atoms with Crippen molar-refractivity contribution in [1.29, 1.82) is 0 Å². The molecule has 130 valence electrons. The molecule has 1 amide bonds. The van der Waals surface area contributed by atoms with E-state index in [4.69, 9.17) is 11.5 Å². The van der Waals surface area contributed by atoms with Gasteiger partial charge in [0.15, 0.2) is 0 Å². The molecule has 0 aromatic carbocycles. The summed E-state index contributed by atoms with van der Waals surface area (Å²) in [5.41, 5.74) is 12.5. The minimum absolute atomic E-state index is 0.0854. The molecule has 1 fully saturated rings. The highest BCUT2D eigenvalue weighted by Gasteiger charge is 2.34. The van der Waals surface area contributed by atoms with E-state index >= 15 is 0 Å². The molecule has 1 aromatic heterocycles. The fourth-order valence-electron chi connectivity index (χ4n) is 3.28. The van der Waals surface area contributed by atoms with Crippen molar-refractivity contribution in [3.63, 3.8) is 0 Å². The second-order valence-corrected chi connectivity index (χ2v) is 7.44. The van der Waals surface area contributed by atoms with Gasteiger partial charge in [-0.1, -0.05) is 6.08 Å². The molecule has 7 nitrogen and oxygen atoms in total. The molecule has 0 spiro atoms. The topological polar surface area (TPSA) is 135 Å². The van der Waals surface area contributed by atoms with Gasteiger partial charge in [-0.15, -0.1) is 11.3 Å². The number of hydrogen-bond acceptors (Lipinski definition) is 6. The van der Waals surface area contributed by atoms with Gasteiger partial charge in [-0.3, -0.25) is 9.79 Å². The molecule has 0 radical (unpaired) electrons. The second kappa shape index (κ2) is 7.00. The van der Waals surface area contributed by atoms with Crippen LogP contribution in [0.4, 0.5) is 0 Å². The van der Waals surface area contributed by atoms with Crippen LogP contribution in [0.25, 0.3) is 6.08 Å². The summed E-state index contributed by atoms with van der Waals surface area (Å²) < 4.78 is 0. The quantitative estimate of drug-likeness (QED) is 0.443. The van der Waals surface area contributed by atoms with Gasteiger partial charge in [-0.25, -0.2) is 4.98 Å². The Balaban J connectivity index is 1.83. The predicted octanol–water partition coefficient (Wildman–Crippen LogP) is 0.160. The van der Waals surface area contributed by atoms with Crippen LogP contribution in [0, 0.1) is 5.92 Å². The number of aliphatic imine (C=N–C) groups is 1. The van der Waals surface area contributed by atoms with E-state index in [9.17, 15) is 15.0 Å². The largest absolute Gasteiger partial charge is 0.396 e. The fourth-order valence-corrected chi connectivity index (χ4v) is 4.47. The Hall–Kier alpha value is -1.77. The fraction of sp³-hybridized carbons (Fsp3) is 0.562. The third kappa shape index (κ3) is 3.35. The van der Waals surface area contributed by atoms with Crippen molar-refractivity contribution in [1.82, 2.24) is 4.98 Å². The SMILES string of the molecule is NC(=O)C(C(N)=NC1CC(O)C(CO)C1)c1nc2c(s1)CCC=C2. The third-order valence-corrected chi connectivity index (χ3v) is 5.78. The molecule has 2 aliphatic carbocycles. The number of fused-ring (bicyclic) bond motifs is 1. The molecule has 1 aromatic rings. The Morgan fingerprint density at radius 2 is 2.25 bits per heavy atom. The van der Waals surface area contributed by atoms with Gasteiger partial charge in [0.05, 0.1) is 17.8 Å². The molecular formula is C16H22N4O3S. The first-order valence-corrected chi connectivity index (χ1v) is 8.88. The van der Waals surface area contributed by atoms with E-state index in [1.165, 1.54) is 11.3 Å². The van der Waals surface area contributed by atoms with Gasteiger partial charge in [-0.05, 0) is 31.8 Å². The molecule has 0 bridgehead atoms. The van der Waals surface area contributed by atoms with Crippen molar-refractivity contribution in [2.75, 3.05) is 6.61 Å². The summed E-state index contributed by atoms with van der Waals surface area (Å²) >= 11 is 1.45. The molecule has 2 aliphatic rings. The molecule has 0 aliphatic heterocycles. The van der Waals surface area contributed by atoms with E-state index in [-0.39, 0.29) is 24.4 Å². The van der Waals surface area contributed by atoms with Crippen LogP contribution in [-0.2, 0) is 11.2 Å². The number of aromatic nitrogens is 1. The summed E-state index contributed by atoms with van der Waals surface area (Å²) in [5.74, 6) is -1.49. The van der Waals surface area contributed by atoms with Gasteiger partial charge < -0.3 is 21.7 Å². The minimum Gasteiger partial charge on any atom is -0.396 e. The van der Waals surface area contributed by atoms with Crippen LogP contribution in [0.5, 0.6) is 0 Å². The maximum Gasteiger partial charge on any atom is 0.235 e. The van der Waals surface area contributed by atoms with Crippen molar-refractivity contribution >= 4 is 29.2 Å². The summed E-state index contributed by atoms with van der Waals surface area (Å²) in [4.78, 5) is 22.0. The standard InChI is InChI=1S/C16H22N4O3S/c17-14(19-9-5-8(7-21)11(22)6-9)13(15(18)23)16-20-10-3-1-2-4-12(10)24-16/h1,3,8-9,11,13,21-22H,2,4-7H2,(H2,17,19)(H2,18,23). The first-order valence-electron chi connectivity index (χ1n) is 8.07. The van der Waals surface area contributed by atoms with Crippen LogP contribution in [0.1, 0.15) is 40.8 Å². The maximum absolute atomic E-state index is 11.9. The number of allylic oxidation sites excluding steroid dienone is 1. The predicted molar refractivity (Wildman–Crippen MR) is 92.6 cm³/mol. The minimum atomic E-state index is -0.848. The van der Waals surface area contributed by atoms with Crippen LogP contribution in [-0.4, -0.2) is 45.7 Å². The lowest BCUT2D eigenvalue weighted by molar-refractivity contribution is -0.118. The number of amidine groups is 1. The normalized spacial score (nSPS) is 27.9. The number of aliphatic hydroxyl groups is 2. The van der Waals surface area contributed by atoms with Gasteiger partial charge >= 0.3 is 0 Å². The zero-order chi connectivity index (χ0) is 17.3. The Labute approximate surface area is 144 Å². The summed E-state index contributed by atoms with van der Waals surface area (Å²) in [6, 6.07) is -0.214. The Morgan fingerprint density at radius 1 is 1.46 bits per heavy atom. The van der Waals surface area contributed by atoms with Crippen molar-refractivity contribution in [3.05, 3.63) is 21.7 Å². The van der Waals surface area contributed by atoms with E-state index in [0.717, 1.165) is 23.4 Å². The van der Waals surface area contributed by atoms with E-state index in [0.29, 0.717) is 17.8 Å². The van der Waals surface area contributed by atoms with Crippen LogP contribution in [0.3, 0.4) is 0 Å². The zero-order valence-corrected chi connectivity index (χ0v) is 14.1. The number of amides is 1. The van der Waals surface area contributed by atoms with Crippen LogP contribution >= 0.6 is 11.3 Å². The van der Waals surface area contributed by atoms with Gasteiger partial charge in [0.25, 0.3) is 0 Å². The smallest absolute Gasteiger partial charge is 0.235 e. The monoisotopic (exact) mass is 350 g/mol. The Kier molecular flexibility index (Phi) is 4.98. The molecule has 24 heavy (non-hydrogen) atoms. The lowest BCUT2D eigenvalue weighted by atomic mass is 10.1. The number of primary amides is 1. The average molecular weight is 350 g/mol. The zero-order valence-electron chi connectivity index (χ0n) is 13.3. The van der Waals surface area contributed by atoms with E-state index in [1.807, 2.05) is 6.08 Å². The highest BCUT2D eigenvalue weighted by atomic mass is 32.1. The molecule has 3 rings (SSSR count). The second-order valence-electron chi connectivity index (χ2n) is 6.33. The highest BCUT2D eigenvalue weighted by Crippen LogP contribution is 2.32. The van der Waals surface area contributed by atoms with Gasteiger partial charge in [-0.2, -0.15) is 0 Å². The number of aryl methyl sites for hydroxylation is 1. The Bertz CT molecular complexity index is 685. The number of thiazole rings is 1. The third-order valence-electron chi connectivity index (χ3n) is 4.58. The maximum atomic E-state index is 11.9. The number of aliphatic hydroxyl groups excluding tert-OH is 2. The molecule has 8 heteroatoms. The van der Waals surface area contributed by atoms with Crippen molar-refractivity contribution in [2.24, 2.45) is 22.4 Å². The van der Waals surface area contributed by atoms with Crippen LogP contribution in [0.15, 0.2) is 11.1 Å². The number of carbonyl (C=O) groups excluding carboxylic acids is 1. The molecule has 4 atom stereocenters. The van der Waals surface area contributed by atoms with E-state index in [1.54, 1.807) is 0 Å². The average Bonchev–Trinajstić information content (AvgIpc) is 3.09. The van der Waals surface area contributed by atoms with Crippen molar-refractivity contribution < 1.29 is 15.0 Å². The molecule has 1 saturated carbocycles. The highest BCUT2D eigenvalue weighted by molar-refractivity contribution is 7.12. The van der Waals surface area contributed by atoms with Crippen molar-refractivity contribution in [3.8, 4) is 0 Å². The molecule has 0 saturated heterocycles. The summed E-state index contributed by atoms with van der Waals surface area (Å²) in [6.07, 6.45) is 6.23. The number of nitrogens with zero attached hydrogens (tertiary/aromatic N) is 2. The van der Waals surface area contributed by atoms with E-state index < -0.39 is 17.9 Å². The molecule has 4 unspecified atom stereocenters. The number of nitrogens with two attached hydrogens (primary N) is 2. The van der Waals surface area contributed by atoms with Gasteiger partial charge in [0, 0.05) is 17.4 Å². The molecule has 1 heterocycles. The van der Waals surface area contributed by atoms with Crippen molar-refractivity contribution in [2.45, 2.75) is 43.7 Å². The molecular weight excluding hydrogens is 328 g/mol. The number of carbonyl (C=O) groups is 1. The lowest BCUT2D eigenvalue weighted by Crippen LogP contribution is -2.34. The van der Waals surface area contributed by atoms with Crippen LogP contribution in [0.2, 0.25) is 0 Å². The Morgan fingerprint density at radius 3 is 2.88 bits per heavy atom. The number of hydrogen-bond donors (Lipinski definition) is 4.